The molecule has 30 heavy (non-hydrogen) atoms. The fraction of sp³-hybridized carbons (Fsp3) is 0.348. The van der Waals surface area contributed by atoms with Crippen molar-refractivity contribution in [1.82, 2.24) is 4.90 Å². The minimum absolute atomic E-state index is 0.0168. The van der Waals surface area contributed by atoms with Crippen molar-refractivity contribution in [3.63, 3.8) is 0 Å². The summed E-state index contributed by atoms with van der Waals surface area (Å²) in [5, 5.41) is 2.86. The van der Waals surface area contributed by atoms with Gasteiger partial charge in [0.25, 0.3) is 0 Å². The van der Waals surface area contributed by atoms with Crippen molar-refractivity contribution in [1.29, 1.82) is 0 Å². The first-order valence-corrected chi connectivity index (χ1v) is 11.1. The van der Waals surface area contributed by atoms with E-state index in [4.69, 9.17) is 0 Å². The van der Waals surface area contributed by atoms with Gasteiger partial charge in [-0.05, 0) is 36.8 Å². The average Bonchev–Trinajstić information content (AvgIpc) is 2.75. The lowest BCUT2D eigenvalue weighted by atomic mass is 10.1. The van der Waals surface area contributed by atoms with E-state index in [1.165, 1.54) is 0 Å². The van der Waals surface area contributed by atoms with Crippen LogP contribution >= 0.6 is 11.8 Å². The molecule has 6 nitrogen and oxygen atoms in total. The van der Waals surface area contributed by atoms with E-state index in [9.17, 15) is 14.4 Å². The van der Waals surface area contributed by atoms with E-state index >= 15 is 0 Å². The summed E-state index contributed by atoms with van der Waals surface area (Å²) in [6.45, 7) is 5.27. The van der Waals surface area contributed by atoms with Crippen molar-refractivity contribution in [3.05, 3.63) is 54.1 Å². The molecule has 0 saturated carbocycles. The lowest BCUT2D eigenvalue weighted by Gasteiger charge is -2.29. The normalized spacial score (nSPS) is 12.8. The van der Waals surface area contributed by atoms with Crippen LogP contribution in [0.1, 0.15) is 32.3 Å². The van der Waals surface area contributed by atoms with Gasteiger partial charge in [0.2, 0.25) is 17.7 Å². The van der Waals surface area contributed by atoms with Gasteiger partial charge in [-0.2, -0.15) is 0 Å². The van der Waals surface area contributed by atoms with E-state index in [0.717, 1.165) is 21.9 Å². The monoisotopic (exact) mass is 425 g/mol. The number of benzene rings is 2. The Morgan fingerprint density at radius 3 is 2.67 bits per heavy atom. The smallest absolute Gasteiger partial charge is 0.227 e. The maximum absolute atomic E-state index is 12.7. The molecule has 0 saturated heterocycles. The van der Waals surface area contributed by atoms with Crippen LogP contribution in [0.4, 0.5) is 11.4 Å². The number of para-hydroxylation sites is 1. The van der Waals surface area contributed by atoms with Gasteiger partial charge in [-0.3, -0.25) is 14.4 Å². The summed E-state index contributed by atoms with van der Waals surface area (Å²) in [4.78, 5) is 41.3. The molecule has 1 heterocycles. The Labute approximate surface area is 181 Å². The number of anilines is 2. The molecule has 0 spiro atoms. The second kappa shape index (κ2) is 10.3. The zero-order chi connectivity index (χ0) is 21.5. The highest BCUT2D eigenvalue weighted by molar-refractivity contribution is 7.99. The fourth-order valence-electron chi connectivity index (χ4n) is 3.42. The molecule has 0 atom stereocenters. The number of carbonyl (C=O) groups excluding carboxylic acids is 3. The van der Waals surface area contributed by atoms with Crippen molar-refractivity contribution in [2.45, 2.75) is 38.1 Å². The third-order valence-corrected chi connectivity index (χ3v) is 6.05. The standard InChI is InChI=1S/C23H27N3O3S/c1-3-25(17(2)27)16-18-7-6-8-19(15-18)24-22(28)11-12-23(29)26-13-14-30-21-10-5-4-9-20(21)26/h4-10,15H,3,11-14,16H2,1-2H3,(H,24,28). The zero-order valence-corrected chi connectivity index (χ0v) is 18.2. The molecule has 3 rings (SSSR count). The number of fused-ring (bicyclic) bond motifs is 1. The van der Waals surface area contributed by atoms with Gasteiger partial charge >= 0.3 is 0 Å². The largest absolute Gasteiger partial charge is 0.339 e. The lowest BCUT2D eigenvalue weighted by molar-refractivity contribution is -0.129. The maximum Gasteiger partial charge on any atom is 0.227 e. The molecule has 2 aromatic carbocycles. The van der Waals surface area contributed by atoms with Gasteiger partial charge in [-0.25, -0.2) is 0 Å². The van der Waals surface area contributed by atoms with Crippen LogP contribution < -0.4 is 10.2 Å². The van der Waals surface area contributed by atoms with E-state index < -0.39 is 0 Å². The van der Waals surface area contributed by atoms with Crippen molar-refractivity contribution in [2.24, 2.45) is 0 Å². The average molecular weight is 426 g/mol. The first-order valence-electron chi connectivity index (χ1n) is 10.1. The van der Waals surface area contributed by atoms with E-state index in [1.54, 1.807) is 28.5 Å². The number of carbonyl (C=O) groups is 3. The SMILES string of the molecule is CCN(Cc1cccc(NC(=O)CCC(=O)N2CCSc3ccccc32)c1)C(C)=O. The molecule has 2 aromatic rings. The molecule has 0 bridgehead atoms. The molecule has 0 radical (unpaired) electrons. The fourth-order valence-corrected chi connectivity index (χ4v) is 4.42. The van der Waals surface area contributed by atoms with Gasteiger partial charge in [-0.1, -0.05) is 24.3 Å². The molecule has 0 fully saturated rings. The van der Waals surface area contributed by atoms with Crippen LogP contribution in [0.3, 0.4) is 0 Å². The Kier molecular flexibility index (Phi) is 7.52. The molecule has 3 amide bonds. The van der Waals surface area contributed by atoms with Gasteiger partial charge in [-0.15, -0.1) is 11.8 Å². The number of hydrogen-bond acceptors (Lipinski definition) is 4. The van der Waals surface area contributed by atoms with Crippen LogP contribution in [0.5, 0.6) is 0 Å². The highest BCUT2D eigenvalue weighted by Crippen LogP contribution is 2.34. The van der Waals surface area contributed by atoms with Crippen LogP contribution in [0.15, 0.2) is 53.4 Å². The summed E-state index contributed by atoms with van der Waals surface area (Å²) in [5.41, 5.74) is 2.55. The topological polar surface area (TPSA) is 69.7 Å². The number of hydrogen-bond donors (Lipinski definition) is 1. The Morgan fingerprint density at radius 1 is 1.10 bits per heavy atom. The van der Waals surface area contributed by atoms with Crippen molar-refractivity contribution in [3.8, 4) is 0 Å². The molecule has 0 unspecified atom stereocenters. The maximum atomic E-state index is 12.7. The number of nitrogens with one attached hydrogen (secondary N) is 1. The highest BCUT2D eigenvalue weighted by atomic mass is 32.2. The Morgan fingerprint density at radius 2 is 1.90 bits per heavy atom. The summed E-state index contributed by atoms with van der Waals surface area (Å²) < 4.78 is 0. The summed E-state index contributed by atoms with van der Waals surface area (Å²) >= 11 is 1.75. The molecular weight excluding hydrogens is 398 g/mol. The van der Waals surface area contributed by atoms with Crippen LogP contribution in [-0.2, 0) is 20.9 Å². The van der Waals surface area contributed by atoms with Crippen LogP contribution in [-0.4, -0.2) is 41.5 Å². The minimum atomic E-state index is -0.195. The molecule has 158 valence electrons. The Bertz CT molecular complexity index is 931. The Hall–Kier alpha value is -2.80. The lowest BCUT2D eigenvalue weighted by Crippen LogP contribution is -2.35. The van der Waals surface area contributed by atoms with Gasteiger partial charge in [0.15, 0.2) is 0 Å². The second-order valence-electron chi connectivity index (χ2n) is 7.14. The van der Waals surface area contributed by atoms with Crippen LogP contribution in [0, 0.1) is 0 Å². The van der Waals surface area contributed by atoms with Gasteiger partial charge in [0.05, 0.1) is 5.69 Å². The number of rotatable bonds is 7. The van der Waals surface area contributed by atoms with Gasteiger partial charge < -0.3 is 15.1 Å². The third-order valence-electron chi connectivity index (χ3n) is 5.01. The van der Waals surface area contributed by atoms with Gasteiger partial charge in [0.1, 0.15) is 0 Å². The number of amides is 3. The summed E-state index contributed by atoms with van der Waals surface area (Å²) in [7, 11) is 0. The molecule has 7 heteroatoms. The summed E-state index contributed by atoms with van der Waals surface area (Å²) in [5.74, 6) is 0.644. The third kappa shape index (κ3) is 5.63. The van der Waals surface area contributed by atoms with Gasteiger partial charge in [0, 0.05) is 55.7 Å². The van der Waals surface area contributed by atoms with E-state index in [-0.39, 0.29) is 30.6 Å². The van der Waals surface area contributed by atoms with E-state index in [1.807, 2.05) is 55.5 Å². The van der Waals surface area contributed by atoms with Crippen LogP contribution in [0.25, 0.3) is 0 Å². The number of nitrogens with zero attached hydrogens (tertiary/aromatic N) is 2. The molecule has 1 aliphatic heterocycles. The summed E-state index contributed by atoms with van der Waals surface area (Å²) in [6.07, 6.45) is 0.294. The molecular formula is C23H27N3O3S. The van der Waals surface area contributed by atoms with Crippen molar-refractivity contribution < 1.29 is 14.4 Å². The molecule has 1 aliphatic rings. The quantitative estimate of drug-likeness (QED) is 0.730. The summed E-state index contributed by atoms with van der Waals surface area (Å²) in [6, 6.07) is 15.3. The first-order chi connectivity index (χ1) is 14.5. The highest BCUT2D eigenvalue weighted by Gasteiger charge is 2.22. The zero-order valence-electron chi connectivity index (χ0n) is 17.4. The van der Waals surface area contributed by atoms with Crippen molar-refractivity contribution in [2.75, 3.05) is 29.1 Å². The van der Waals surface area contributed by atoms with Crippen molar-refractivity contribution >= 4 is 40.9 Å². The van der Waals surface area contributed by atoms with E-state index in [2.05, 4.69) is 5.32 Å². The predicted octanol–water partition coefficient (Wildman–Crippen LogP) is 3.91. The van der Waals surface area contributed by atoms with Crippen LogP contribution in [0.2, 0.25) is 0 Å². The Balaban J connectivity index is 1.55. The minimum Gasteiger partial charge on any atom is -0.339 e. The molecule has 0 aliphatic carbocycles. The molecule has 0 aromatic heterocycles. The number of thioether (sulfide) groups is 1. The molecule has 1 N–H and O–H groups in total. The predicted molar refractivity (Wildman–Crippen MR) is 121 cm³/mol. The first kappa shape index (κ1) is 21.9. The second-order valence-corrected chi connectivity index (χ2v) is 8.28. The van der Waals surface area contributed by atoms with E-state index in [0.29, 0.717) is 25.3 Å².